The summed E-state index contributed by atoms with van der Waals surface area (Å²) < 4.78 is 0. The zero-order valence-corrected chi connectivity index (χ0v) is 8.08. The van der Waals surface area contributed by atoms with E-state index in [0.29, 0.717) is 6.42 Å². The Morgan fingerprint density at radius 3 is 2.46 bits per heavy atom. The second-order valence-corrected chi connectivity index (χ2v) is 2.75. The fourth-order valence-corrected chi connectivity index (χ4v) is 1.25. The maximum absolute atomic E-state index is 11.5. The van der Waals surface area contributed by atoms with Crippen LogP contribution in [0.4, 0.5) is 5.69 Å². The number of rotatable bonds is 3. The lowest BCUT2D eigenvalue weighted by atomic mass is 10.2. The smallest absolute Gasteiger partial charge is 0.226 e. The summed E-state index contributed by atoms with van der Waals surface area (Å²) in [6.45, 7) is 4.57. The van der Waals surface area contributed by atoms with E-state index in [0.717, 1.165) is 12.2 Å². The van der Waals surface area contributed by atoms with E-state index in [4.69, 9.17) is 0 Å². The Morgan fingerprint density at radius 1 is 1.38 bits per heavy atom. The normalized spacial score (nSPS) is 9.69. The SMILES string of the molecule is CCC(=O)N(CC)c1cc[c]cc1. The van der Waals surface area contributed by atoms with Crippen LogP contribution in [0.15, 0.2) is 24.3 Å². The molecule has 1 rings (SSSR count). The number of anilines is 1. The first kappa shape index (κ1) is 9.78. The van der Waals surface area contributed by atoms with Crippen LogP contribution in [0.2, 0.25) is 0 Å². The lowest BCUT2D eigenvalue weighted by Gasteiger charge is -2.19. The van der Waals surface area contributed by atoms with Gasteiger partial charge in [-0.15, -0.1) is 0 Å². The van der Waals surface area contributed by atoms with Crippen molar-refractivity contribution in [2.24, 2.45) is 0 Å². The van der Waals surface area contributed by atoms with Crippen LogP contribution in [-0.4, -0.2) is 12.5 Å². The van der Waals surface area contributed by atoms with Gasteiger partial charge in [0.25, 0.3) is 0 Å². The van der Waals surface area contributed by atoms with Gasteiger partial charge in [-0.25, -0.2) is 0 Å². The fraction of sp³-hybridized carbons (Fsp3) is 0.364. The van der Waals surface area contributed by atoms with Gasteiger partial charge in [0.15, 0.2) is 0 Å². The maximum Gasteiger partial charge on any atom is 0.226 e. The van der Waals surface area contributed by atoms with Gasteiger partial charge in [-0.3, -0.25) is 4.79 Å². The van der Waals surface area contributed by atoms with Crippen LogP contribution in [0, 0.1) is 6.07 Å². The molecule has 0 atom stereocenters. The topological polar surface area (TPSA) is 20.3 Å². The second kappa shape index (κ2) is 4.65. The fourth-order valence-electron chi connectivity index (χ4n) is 1.25. The van der Waals surface area contributed by atoms with Crippen molar-refractivity contribution in [3.05, 3.63) is 30.3 Å². The van der Waals surface area contributed by atoms with E-state index in [2.05, 4.69) is 6.07 Å². The summed E-state index contributed by atoms with van der Waals surface area (Å²) in [5.74, 6) is 0.161. The van der Waals surface area contributed by atoms with Crippen molar-refractivity contribution in [2.45, 2.75) is 20.3 Å². The predicted molar refractivity (Wildman–Crippen MR) is 53.6 cm³/mol. The summed E-state index contributed by atoms with van der Waals surface area (Å²) in [6.07, 6.45) is 0.548. The van der Waals surface area contributed by atoms with Crippen LogP contribution in [0.3, 0.4) is 0 Å². The van der Waals surface area contributed by atoms with Gasteiger partial charge in [0.1, 0.15) is 0 Å². The largest absolute Gasteiger partial charge is 0.313 e. The lowest BCUT2D eigenvalue weighted by Crippen LogP contribution is -2.29. The second-order valence-electron chi connectivity index (χ2n) is 2.75. The Kier molecular flexibility index (Phi) is 3.50. The first-order valence-corrected chi connectivity index (χ1v) is 4.56. The molecule has 1 radical (unpaired) electrons. The highest BCUT2D eigenvalue weighted by atomic mass is 16.2. The highest BCUT2D eigenvalue weighted by Crippen LogP contribution is 2.13. The van der Waals surface area contributed by atoms with Gasteiger partial charge in [-0.05, 0) is 25.1 Å². The molecule has 0 aliphatic heterocycles. The number of amides is 1. The van der Waals surface area contributed by atoms with E-state index in [9.17, 15) is 4.79 Å². The third-order valence-electron chi connectivity index (χ3n) is 1.93. The minimum absolute atomic E-state index is 0.161. The number of carbonyl (C=O) groups excluding carboxylic acids is 1. The van der Waals surface area contributed by atoms with Crippen molar-refractivity contribution in [1.82, 2.24) is 0 Å². The number of carbonyl (C=O) groups is 1. The first-order valence-electron chi connectivity index (χ1n) is 4.56. The monoisotopic (exact) mass is 176 g/mol. The van der Waals surface area contributed by atoms with Crippen molar-refractivity contribution < 1.29 is 4.79 Å². The molecule has 0 aromatic heterocycles. The zero-order chi connectivity index (χ0) is 9.68. The van der Waals surface area contributed by atoms with E-state index in [1.807, 2.05) is 38.1 Å². The Morgan fingerprint density at radius 2 is 2.00 bits per heavy atom. The Labute approximate surface area is 79.2 Å². The molecule has 0 N–H and O–H groups in total. The zero-order valence-electron chi connectivity index (χ0n) is 8.08. The molecule has 0 bridgehead atoms. The third kappa shape index (κ3) is 2.31. The molecular weight excluding hydrogens is 162 g/mol. The van der Waals surface area contributed by atoms with Crippen LogP contribution in [-0.2, 0) is 4.79 Å². The molecular formula is C11H14NO. The van der Waals surface area contributed by atoms with Crippen molar-refractivity contribution in [2.75, 3.05) is 11.4 Å². The van der Waals surface area contributed by atoms with Crippen LogP contribution in [0.25, 0.3) is 0 Å². The summed E-state index contributed by atoms with van der Waals surface area (Å²) in [5.41, 5.74) is 0.952. The number of hydrogen-bond donors (Lipinski definition) is 0. The molecule has 1 amide bonds. The molecule has 0 unspecified atom stereocenters. The van der Waals surface area contributed by atoms with E-state index >= 15 is 0 Å². The van der Waals surface area contributed by atoms with E-state index < -0.39 is 0 Å². The standard InChI is InChI=1S/C11H14NO/c1-3-11(13)12(4-2)10-8-6-5-7-9-10/h6-9H,3-4H2,1-2H3. The van der Waals surface area contributed by atoms with Gasteiger partial charge in [0.2, 0.25) is 5.91 Å². The molecule has 1 aromatic rings. The molecule has 0 saturated heterocycles. The number of hydrogen-bond acceptors (Lipinski definition) is 1. The van der Waals surface area contributed by atoms with E-state index in [1.165, 1.54) is 0 Å². The van der Waals surface area contributed by atoms with Crippen molar-refractivity contribution >= 4 is 11.6 Å². The first-order chi connectivity index (χ1) is 6.29. The molecule has 69 valence electrons. The summed E-state index contributed by atoms with van der Waals surface area (Å²) in [4.78, 5) is 13.2. The van der Waals surface area contributed by atoms with Gasteiger partial charge < -0.3 is 4.90 Å². The molecule has 0 spiro atoms. The molecule has 2 heteroatoms. The third-order valence-corrected chi connectivity index (χ3v) is 1.93. The summed E-state index contributed by atoms with van der Waals surface area (Å²) in [7, 11) is 0. The van der Waals surface area contributed by atoms with Crippen LogP contribution < -0.4 is 4.90 Å². The minimum atomic E-state index is 0.161. The molecule has 0 heterocycles. The van der Waals surface area contributed by atoms with Crippen LogP contribution in [0.1, 0.15) is 20.3 Å². The molecule has 0 aliphatic carbocycles. The lowest BCUT2D eigenvalue weighted by molar-refractivity contribution is -0.118. The number of nitrogens with zero attached hydrogens (tertiary/aromatic N) is 1. The highest BCUT2D eigenvalue weighted by Gasteiger charge is 2.09. The Hall–Kier alpha value is -1.31. The molecule has 13 heavy (non-hydrogen) atoms. The summed E-state index contributed by atoms with van der Waals surface area (Å²) >= 11 is 0. The summed E-state index contributed by atoms with van der Waals surface area (Å²) in [5, 5.41) is 0. The molecule has 2 nitrogen and oxygen atoms in total. The van der Waals surface area contributed by atoms with Gasteiger partial charge in [0.05, 0.1) is 0 Å². The minimum Gasteiger partial charge on any atom is -0.313 e. The van der Waals surface area contributed by atoms with Crippen LogP contribution in [0.5, 0.6) is 0 Å². The maximum atomic E-state index is 11.5. The molecule has 0 fully saturated rings. The summed E-state index contributed by atoms with van der Waals surface area (Å²) in [6, 6.07) is 10.4. The van der Waals surface area contributed by atoms with Crippen molar-refractivity contribution in [1.29, 1.82) is 0 Å². The van der Waals surface area contributed by atoms with Crippen molar-refractivity contribution in [3.8, 4) is 0 Å². The van der Waals surface area contributed by atoms with Crippen molar-refractivity contribution in [3.63, 3.8) is 0 Å². The average Bonchev–Trinajstić information content (AvgIpc) is 2.20. The van der Waals surface area contributed by atoms with E-state index in [1.54, 1.807) is 4.90 Å². The van der Waals surface area contributed by atoms with Crippen LogP contribution >= 0.6 is 0 Å². The van der Waals surface area contributed by atoms with Gasteiger partial charge >= 0.3 is 0 Å². The molecule has 1 aromatic carbocycles. The Balaban J connectivity index is 2.85. The molecule has 0 aliphatic rings. The predicted octanol–water partition coefficient (Wildman–Crippen LogP) is 2.25. The van der Waals surface area contributed by atoms with Gasteiger partial charge in [0, 0.05) is 18.7 Å². The van der Waals surface area contributed by atoms with Gasteiger partial charge in [-0.2, -0.15) is 0 Å². The number of benzene rings is 1. The average molecular weight is 176 g/mol. The molecule has 0 saturated carbocycles. The van der Waals surface area contributed by atoms with Gasteiger partial charge in [-0.1, -0.05) is 19.1 Å². The quantitative estimate of drug-likeness (QED) is 0.691. The Bertz CT molecular complexity index is 269. The highest BCUT2D eigenvalue weighted by molar-refractivity contribution is 5.92. The van der Waals surface area contributed by atoms with E-state index in [-0.39, 0.29) is 5.91 Å².